The lowest BCUT2D eigenvalue weighted by Gasteiger charge is -2.41. The van der Waals surface area contributed by atoms with Crippen molar-refractivity contribution in [3.63, 3.8) is 0 Å². The Bertz CT molecular complexity index is 757. The van der Waals surface area contributed by atoms with E-state index in [1.54, 1.807) is 0 Å². The van der Waals surface area contributed by atoms with Gasteiger partial charge in [0, 0.05) is 30.1 Å². The third kappa shape index (κ3) is 6.32. The van der Waals surface area contributed by atoms with E-state index in [0.29, 0.717) is 24.5 Å². The standard InChI is InChI=1S/C26H39ClN2O3/c1-19(2)32-24-8-9-25(27)22(15-24)14-20-10-12-28(13-11-20)16-21-17-29(26(30)31-18-21)23-6-4-3-5-7-23/h8-9,15,19-21,23H,3-7,10-14,16-18H2,1-2H3. The summed E-state index contributed by atoms with van der Waals surface area (Å²) in [6.45, 7) is 8.78. The lowest BCUT2D eigenvalue weighted by molar-refractivity contribution is 0.00642. The van der Waals surface area contributed by atoms with Gasteiger partial charge < -0.3 is 19.3 Å². The second kappa shape index (κ2) is 11.1. The number of nitrogens with zero attached hydrogens (tertiary/aromatic N) is 2. The van der Waals surface area contributed by atoms with Gasteiger partial charge in [0.25, 0.3) is 0 Å². The van der Waals surface area contributed by atoms with Gasteiger partial charge >= 0.3 is 6.09 Å². The molecule has 1 amide bonds. The summed E-state index contributed by atoms with van der Waals surface area (Å²) < 4.78 is 11.4. The summed E-state index contributed by atoms with van der Waals surface area (Å²) >= 11 is 6.49. The monoisotopic (exact) mass is 462 g/mol. The first-order valence-corrected chi connectivity index (χ1v) is 13.0. The predicted octanol–water partition coefficient (Wildman–Crippen LogP) is 5.78. The summed E-state index contributed by atoms with van der Waals surface area (Å²) in [5.74, 6) is 1.98. The number of ether oxygens (including phenoxy) is 2. The van der Waals surface area contributed by atoms with Crippen molar-refractivity contribution < 1.29 is 14.3 Å². The maximum atomic E-state index is 12.3. The molecule has 2 aliphatic heterocycles. The first-order chi connectivity index (χ1) is 15.5. The van der Waals surface area contributed by atoms with Crippen molar-refractivity contribution in [3.8, 4) is 5.75 Å². The van der Waals surface area contributed by atoms with Crippen LogP contribution < -0.4 is 4.74 Å². The van der Waals surface area contributed by atoms with Crippen molar-refractivity contribution in [2.24, 2.45) is 11.8 Å². The van der Waals surface area contributed by atoms with Gasteiger partial charge in [0.05, 0.1) is 12.7 Å². The zero-order valence-corrected chi connectivity index (χ0v) is 20.5. The fourth-order valence-corrected chi connectivity index (χ4v) is 5.78. The van der Waals surface area contributed by atoms with E-state index in [2.05, 4.69) is 11.0 Å². The molecule has 4 rings (SSSR count). The summed E-state index contributed by atoms with van der Waals surface area (Å²) in [4.78, 5) is 16.9. The maximum Gasteiger partial charge on any atom is 0.410 e. The number of hydrogen-bond donors (Lipinski definition) is 0. The number of amides is 1. The average Bonchev–Trinajstić information content (AvgIpc) is 2.79. The van der Waals surface area contributed by atoms with Crippen molar-refractivity contribution >= 4 is 17.7 Å². The largest absolute Gasteiger partial charge is 0.491 e. The molecular formula is C26H39ClN2O3. The van der Waals surface area contributed by atoms with E-state index in [-0.39, 0.29) is 12.2 Å². The molecule has 178 valence electrons. The molecule has 2 saturated heterocycles. The first-order valence-electron chi connectivity index (χ1n) is 12.6. The number of rotatable bonds is 7. The van der Waals surface area contributed by atoms with Crippen LogP contribution in [-0.4, -0.2) is 60.8 Å². The quantitative estimate of drug-likeness (QED) is 0.514. The summed E-state index contributed by atoms with van der Waals surface area (Å²) in [5, 5.41) is 0.843. The van der Waals surface area contributed by atoms with Crippen LogP contribution in [0.4, 0.5) is 4.79 Å². The molecule has 0 radical (unpaired) electrons. The van der Waals surface area contributed by atoms with Gasteiger partial charge in [-0.25, -0.2) is 4.79 Å². The molecule has 2 heterocycles. The fourth-order valence-electron chi connectivity index (χ4n) is 5.58. The lowest BCUT2D eigenvalue weighted by atomic mass is 9.89. The molecule has 0 bridgehead atoms. The number of carbonyl (C=O) groups is 1. The van der Waals surface area contributed by atoms with Gasteiger partial charge in [-0.1, -0.05) is 30.9 Å². The van der Waals surface area contributed by atoms with E-state index in [1.165, 1.54) is 37.7 Å². The lowest BCUT2D eigenvalue weighted by Crippen LogP contribution is -2.52. The van der Waals surface area contributed by atoms with Crippen LogP contribution in [-0.2, 0) is 11.2 Å². The van der Waals surface area contributed by atoms with E-state index in [1.807, 2.05) is 30.9 Å². The van der Waals surface area contributed by atoms with Crippen molar-refractivity contribution in [2.75, 3.05) is 32.8 Å². The van der Waals surface area contributed by atoms with Crippen LogP contribution in [0.25, 0.3) is 0 Å². The zero-order valence-electron chi connectivity index (χ0n) is 19.7. The van der Waals surface area contributed by atoms with Crippen molar-refractivity contribution in [1.82, 2.24) is 9.80 Å². The van der Waals surface area contributed by atoms with Gasteiger partial charge in [-0.3, -0.25) is 0 Å². The van der Waals surface area contributed by atoms with Crippen molar-refractivity contribution in [2.45, 2.75) is 77.4 Å². The normalized spacial score (nSPS) is 24.1. The van der Waals surface area contributed by atoms with Crippen LogP contribution in [0, 0.1) is 11.8 Å². The SMILES string of the molecule is CC(C)Oc1ccc(Cl)c(CC2CCN(CC3COC(=O)N(C4CCCCC4)C3)CC2)c1. The Hall–Kier alpha value is -1.46. The number of benzene rings is 1. The highest BCUT2D eigenvalue weighted by Gasteiger charge is 2.34. The van der Waals surface area contributed by atoms with Crippen LogP contribution in [0.1, 0.15) is 64.4 Å². The van der Waals surface area contributed by atoms with Crippen LogP contribution in [0.2, 0.25) is 5.02 Å². The van der Waals surface area contributed by atoms with Crippen molar-refractivity contribution in [1.29, 1.82) is 0 Å². The molecule has 5 nitrogen and oxygen atoms in total. The topological polar surface area (TPSA) is 42.0 Å². The Labute approximate surface area is 198 Å². The van der Waals surface area contributed by atoms with E-state index in [9.17, 15) is 4.79 Å². The number of likely N-dealkylation sites (tertiary alicyclic amines) is 1. The van der Waals surface area contributed by atoms with Crippen LogP contribution in [0.15, 0.2) is 18.2 Å². The minimum atomic E-state index is -0.0904. The number of cyclic esters (lactones) is 1. The summed E-state index contributed by atoms with van der Waals surface area (Å²) in [5.41, 5.74) is 1.20. The van der Waals surface area contributed by atoms with Gasteiger partial charge in [-0.05, 0) is 88.7 Å². The molecular weight excluding hydrogens is 424 g/mol. The summed E-state index contributed by atoms with van der Waals surface area (Å²) in [6, 6.07) is 6.43. The van der Waals surface area contributed by atoms with Gasteiger partial charge in [0.1, 0.15) is 5.75 Å². The van der Waals surface area contributed by atoms with E-state index >= 15 is 0 Å². The van der Waals surface area contributed by atoms with Gasteiger partial charge in [-0.2, -0.15) is 0 Å². The van der Waals surface area contributed by atoms with E-state index in [4.69, 9.17) is 21.1 Å². The molecule has 1 atom stereocenters. The zero-order chi connectivity index (χ0) is 22.5. The minimum absolute atomic E-state index is 0.0904. The molecule has 1 saturated carbocycles. The average molecular weight is 463 g/mol. The number of carbonyl (C=O) groups excluding carboxylic acids is 1. The molecule has 3 fully saturated rings. The van der Waals surface area contributed by atoms with E-state index < -0.39 is 0 Å². The van der Waals surface area contributed by atoms with Crippen molar-refractivity contribution in [3.05, 3.63) is 28.8 Å². The number of piperidine rings is 1. The summed E-state index contributed by atoms with van der Waals surface area (Å²) in [7, 11) is 0. The molecule has 1 unspecified atom stereocenters. The Morgan fingerprint density at radius 2 is 1.84 bits per heavy atom. The molecule has 0 aromatic heterocycles. The Balaban J connectivity index is 1.25. The highest BCUT2D eigenvalue weighted by atomic mass is 35.5. The van der Waals surface area contributed by atoms with Gasteiger partial charge in [-0.15, -0.1) is 0 Å². The second-order valence-electron chi connectivity index (χ2n) is 10.3. The Morgan fingerprint density at radius 1 is 1.09 bits per heavy atom. The van der Waals surface area contributed by atoms with Crippen LogP contribution in [0.3, 0.4) is 0 Å². The molecule has 1 aliphatic carbocycles. The number of halogens is 1. The third-order valence-electron chi connectivity index (χ3n) is 7.27. The third-order valence-corrected chi connectivity index (χ3v) is 7.64. The highest BCUT2D eigenvalue weighted by Crippen LogP contribution is 2.30. The van der Waals surface area contributed by atoms with Crippen LogP contribution in [0.5, 0.6) is 5.75 Å². The van der Waals surface area contributed by atoms with Gasteiger partial charge in [0.2, 0.25) is 0 Å². The first kappa shape index (κ1) is 23.7. The molecule has 1 aromatic rings. The Kier molecular flexibility index (Phi) is 8.22. The van der Waals surface area contributed by atoms with Crippen LogP contribution >= 0.6 is 11.6 Å². The molecule has 0 N–H and O–H groups in total. The second-order valence-corrected chi connectivity index (χ2v) is 10.7. The molecule has 0 spiro atoms. The molecule has 3 aliphatic rings. The molecule has 32 heavy (non-hydrogen) atoms. The molecule has 6 heteroatoms. The molecule has 1 aromatic carbocycles. The highest BCUT2D eigenvalue weighted by molar-refractivity contribution is 6.31. The minimum Gasteiger partial charge on any atom is -0.491 e. The van der Waals surface area contributed by atoms with E-state index in [0.717, 1.165) is 56.2 Å². The smallest absolute Gasteiger partial charge is 0.410 e. The number of hydrogen-bond acceptors (Lipinski definition) is 4. The van der Waals surface area contributed by atoms with Gasteiger partial charge in [0.15, 0.2) is 0 Å². The summed E-state index contributed by atoms with van der Waals surface area (Å²) in [6.07, 6.45) is 9.52. The fraction of sp³-hybridized carbons (Fsp3) is 0.731. The maximum absolute atomic E-state index is 12.3. The predicted molar refractivity (Wildman–Crippen MR) is 129 cm³/mol. The Morgan fingerprint density at radius 3 is 2.56 bits per heavy atom.